The molecule has 0 amide bonds. The van der Waals surface area contributed by atoms with Crippen molar-refractivity contribution in [1.29, 1.82) is 0 Å². The maximum absolute atomic E-state index is 10.5. The second-order valence-electron chi connectivity index (χ2n) is 5.33. The normalized spacial score (nSPS) is 10.8. The number of ether oxygens (including phenoxy) is 1. The van der Waals surface area contributed by atoms with Gasteiger partial charge in [0.25, 0.3) is 0 Å². The molecular weight excluding hydrogens is 248 g/mol. The molecule has 0 aliphatic heterocycles. The smallest absolute Gasteiger partial charge is 0.302 e. The fourth-order valence-electron chi connectivity index (χ4n) is 2.19. The summed E-state index contributed by atoms with van der Waals surface area (Å²) in [4.78, 5) is 10.5. The highest BCUT2D eigenvalue weighted by molar-refractivity contribution is 5.65. The molecule has 0 aromatic heterocycles. The van der Waals surface area contributed by atoms with Crippen molar-refractivity contribution < 1.29 is 9.53 Å². The third-order valence-electron chi connectivity index (χ3n) is 3.34. The lowest BCUT2D eigenvalue weighted by Crippen LogP contribution is -2.00. The van der Waals surface area contributed by atoms with Gasteiger partial charge in [0, 0.05) is 6.92 Å². The minimum Gasteiger partial charge on any atom is -0.466 e. The molecule has 0 bridgehead atoms. The van der Waals surface area contributed by atoms with Gasteiger partial charge in [0.2, 0.25) is 0 Å². The van der Waals surface area contributed by atoms with Crippen LogP contribution in [0.25, 0.3) is 0 Å². The van der Waals surface area contributed by atoms with Gasteiger partial charge in [-0.2, -0.15) is 0 Å². The molecule has 0 fully saturated rings. The summed E-state index contributed by atoms with van der Waals surface area (Å²) in [6.45, 7) is 5.72. The molecule has 0 aliphatic rings. The van der Waals surface area contributed by atoms with Crippen molar-refractivity contribution in [2.24, 2.45) is 0 Å². The van der Waals surface area contributed by atoms with Gasteiger partial charge >= 0.3 is 5.97 Å². The Hall–Kier alpha value is -1.05. The van der Waals surface area contributed by atoms with Crippen LogP contribution < -0.4 is 0 Å². The predicted molar refractivity (Wildman–Crippen MR) is 86.8 cm³/mol. The summed E-state index contributed by atoms with van der Waals surface area (Å²) in [5, 5.41) is 0. The standard InChI is InChI=1S/C18H32O2/c1-3-4-5-6-7-8-9-10-11-12-13-14-15-16-17-20-18(2)19/h3-5H,1,6-17H2,2H3/b5-4-. The first kappa shape index (κ1) is 18.9. The summed E-state index contributed by atoms with van der Waals surface area (Å²) in [6.07, 6.45) is 20.2. The van der Waals surface area contributed by atoms with Crippen molar-refractivity contribution in [1.82, 2.24) is 0 Å². The van der Waals surface area contributed by atoms with Crippen LogP contribution in [0.15, 0.2) is 24.8 Å². The topological polar surface area (TPSA) is 26.3 Å². The lowest BCUT2D eigenvalue weighted by Gasteiger charge is -2.03. The Morgan fingerprint density at radius 3 is 1.90 bits per heavy atom. The van der Waals surface area contributed by atoms with Gasteiger partial charge in [0.1, 0.15) is 0 Å². The van der Waals surface area contributed by atoms with Gasteiger partial charge in [-0.1, -0.05) is 76.2 Å². The van der Waals surface area contributed by atoms with Gasteiger partial charge in [-0.15, -0.1) is 0 Å². The lowest BCUT2D eigenvalue weighted by atomic mass is 10.1. The van der Waals surface area contributed by atoms with E-state index in [1.54, 1.807) is 0 Å². The largest absolute Gasteiger partial charge is 0.466 e. The summed E-state index contributed by atoms with van der Waals surface area (Å²) < 4.78 is 4.90. The van der Waals surface area contributed by atoms with Crippen LogP contribution in [0.1, 0.15) is 77.6 Å². The zero-order valence-electron chi connectivity index (χ0n) is 13.2. The number of hydrogen-bond donors (Lipinski definition) is 0. The lowest BCUT2D eigenvalue weighted by molar-refractivity contribution is -0.141. The maximum atomic E-state index is 10.5. The molecule has 0 saturated carbocycles. The first-order valence-corrected chi connectivity index (χ1v) is 8.18. The van der Waals surface area contributed by atoms with Crippen LogP contribution in [0.5, 0.6) is 0 Å². The van der Waals surface area contributed by atoms with E-state index in [4.69, 9.17) is 4.74 Å². The molecule has 0 N–H and O–H groups in total. The van der Waals surface area contributed by atoms with E-state index in [2.05, 4.69) is 12.7 Å². The third-order valence-corrected chi connectivity index (χ3v) is 3.34. The fraction of sp³-hybridized carbons (Fsp3) is 0.722. The maximum Gasteiger partial charge on any atom is 0.302 e. The van der Waals surface area contributed by atoms with Gasteiger partial charge in [-0.25, -0.2) is 0 Å². The minimum absolute atomic E-state index is 0.162. The molecule has 0 aromatic carbocycles. The van der Waals surface area contributed by atoms with E-state index in [-0.39, 0.29) is 5.97 Å². The van der Waals surface area contributed by atoms with E-state index in [0.29, 0.717) is 6.61 Å². The quantitative estimate of drug-likeness (QED) is 0.236. The molecule has 0 heterocycles. The first-order valence-electron chi connectivity index (χ1n) is 8.18. The number of rotatable bonds is 14. The molecule has 0 atom stereocenters. The number of unbranched alkanes of at least 4 members (excludes halogenated alkanes) is 10. The van der Waals surface area contributed by atoms with Crippen molar-refractivity contribution in [2.75, 3.05) is 6.61 Å². The number of carbonyl (C=O) groups excluding carboxylic acids is 1. The number of allylic oxidation sites excluding steroid dienone is 3. The van der Waals surface area contributed by atoms with Gasteiger partial charge in [-0.05, 0) is 19.3 Å². The van der Waals surface area contributed by atoms with E-state index < -0.39 is 0 Å². The Kier molecular flexibility index (Phi) is 15.2. The van der Waals surface area contributed by atoms with Gasteiger partial charge in [0.05, 0.1) is 6.61 Å². The van der Waals surface area contributed by atoms with E-state index in [0.717, 1.165) is 6.42 Å². The Labute approximate surface area is 125 Å². The van der Waals surface area contributed by atoms with Crippen LogP contribution in [0.2, 0.25) is 0 Å². The Morgan fingerprint density at radius 2 is 1.40 bits per heavy atom. The highest BCUT2D eigenvalue weighted by atomic mass is 16.5. The molecule has 2 nitrogen and oxygen atoms in total. The van der Waals surface area contributed by atoms with Crippen molar-refractivity contribution in [3.05, 3.63) is 24.8 Å². The molecule has 0 rings (SSSR count). The minimum atomic E-state index is -0.162. The van der Waals surface area contributed by atoms with Gasteiger partial charge < -0.3 is 4.74 Å². The molecule has 0 unspecified atom stereocenters. The van der Waals surface area contributed by atoms with E-state index >= 15 is 0 Å². The fourth-order valence-corrected chi connectivity index (χ4v) is 2.19. The summed E-state index contributed by atoms with van der Waals surface area (Å²) in [7, 11) is 0. The highest BCUT2D eigenvalue weighted by Gasteiger charge is 1.94. The molecule has 0 spiro atoms. The number of hydrogen-bond acceptors (Lipinski definition) is 2. The van der Waals surface area contributed by atoms with Crippen LogP contribution in [-0.2, 0) is 9.53 Å². The van der Waals surface area contributed by atoms with E-state index in [9.17, 15) is 4.79 Å². The average molecular weight is 280 g/mol. The molecule has 2 heteroatoms. The van der Waals surface area contributed by atoms with Crippen LogP contribution >= 0.6 is 0 Å². The second-order valence-corrected chi connectivity index (χ2v) is 5.33. The van der Waals surface area contributed by atoms with Crippen LogP contribution in [-0.4, -0.2) is 12.6 Å². The van der Waals surface area contributed by atoms with Gasteiger partial charge in [0.15, 0.2) is 0 Å². The zero-order chi connectivity index (χ0) is 14.9. The zero-order valence-corrected chi connectivity index (χ0v) is 13.2. The first-order chi connectivity index (χ1) is 9.77. The van der Waals surface area contributed by atoms with Crippen LogP contribution in [0.4, 0.5) is 0 Å². The Morgan fingerprint density at radius 1 is 0.900 bits per heavy atom. The van der Waals surface area contributed by atoms with Crippen molar-refractivity contribution in [2.45, 2.75) is 77.6 Å². The molecule has 0 saturated heterocycles. The Balaban J connectivity index is 3.01. The SMILES string of the molecule is C=C/C=C\CCCCCCCCCCCCOC(C)=O. The molecule has 116 valence electrons. The van der Waals surface area contributed by atoms with Crippen LogP contribution in [0, 0.1) is 0 Å². The van der Waals surface area contributed by atoms with E-state index in [1.807, 2.05) is 12.2 Å². The van der Waals surface area contributed by atoms with Gasteiger partial charge in [-0.3, -0.25) is 4.79 Å². The monoisotopic (exact) mass is 280 g/mol. The van der Waals surface area contributed by atoms with E-state index in [1.165, 1.54) is 71.1 Å². The summed E-state index contributed by atoms with van der Waals surface area (Å²) >= 11 is 0. The molecule has 20 heavy (non-hydrogen) atoms. The number of carbonyl (C=O) groups is 1. The highest BCUT2D eigenvalue weighted by Crippen LogP contribution is 2.11. The van der Waals surface area contributed by atoms with Crippen LogP contribution in [0.3, 0.4) is 0 Å². The molecule has 0 aliphatic carbocycles. The molecule has 0 aromatic rings. The van der Waals surface area contributed by atoms with Crippen molar-refractivity contribution in [3.63, 3.8) is 0 Å². The second kappa shape index (κ2) is 16.0. The molecule has 0 radical (unpaired) electrons. The third kappa shape index (κ3) is 16.9. The Bertz CT molecular complexity index is 256. The predicted octanol–water partition coefficient (Wildman–Crippen LogP) is 5.58. The number of esters is 1. The summed E-state index contributed by atoms with van der Waals surface area (Å²) in [5.41, 5.74) is 0. The summed E-state index contributed by atoms with van der Waals surface area (Å²) in [6, 6.07) is 0. The van der Waals surface area contributed by atoms with Crippen molar-refractivity contribution >= 4 is 5.97 Å². The molecular formula is C18H32O2. The summed E-state index contributed by atoms with van der Waals surface area (Å²) in [5.74, 6) is -0.162. The average Bonchev–Trinajstić information content (AvgIpc) is 2.43. The van der Waals surface area contributed by atoms with Crippen molar-refractivity contribution in [3.8, 4) is 0 Å².